The van der Waals surface area contributed by atoms with E-state index < -0.39 is 63.6 Å². The molecule has 2 bridgehead atoms. The van der Waals surface area contributed by atoms with Crippen LogP contribution in [0.2, 0.25) is 0 Å². The number of aliphatic hydroxyl groups is 1. The van der Waals surface area contributed by atoms with Gasteiger partial charge in [0.15, 0.2) is 12.9 Å². The molecule has 12 atom stereocenters. The number of allylic oxidation sites excluding steroid dienone is 1. The molecule has 5 aliphatic rings. The number of rotatable bonds is 10. The number of alkyl halides is 1. The zero-order valence-electron chi connectivity index (χ0n) is 23.3. The lowest BCUT2D eigenvalue weighted by Gasteiger charge is -2.48. The quantitative estimate of drug-likeness (QED) is 0.0604. The van der Waals surface area contributed by atoms with Crippen molar-refractivity contribution in [2.24, 2.45) is 41.2 Å². The average molecular weight is 661 g/mol. The first-order valence-electron chi connectivity index (χ1n) is 14.1. The fraction of sp³-hybridized carbons (Fsp3) is 0.821. The largest absolute Gasteiger partial charge is 0.458 e. The van der Waals surface area contributed by atoms with Crippen LogP contribution in [-0.4, -0.2) is 69.3 Å². The molecule has 11 heteroatoms. The molecule has 4 N–H and O–H groups in total. The summed E-state index contributed by atoms with van der Waals surface area (Å²) >= 11 is 1.93. The summed E-state index contributed by atoms with van der Waals surface area (Å²) in [4.78, 5) is 38.3. The fourth-order valence-electron chi connectivity index (χ4n) is 7.77. The molecule has 39 heavy (non-hydrogen) atoms. The van der Waals surface area contributed by atoms with Crippen LogP contribution in [0.3, 0.4) is 0 Å². The van der Waals surface area contributed by atoms with Crippen LogP contribution in [0, 0.1) is 35.5 Å². The van der Waals surface area contributed by atoms with Gasteiger partial charge in [-0.2, -0.15) is 0 Å². The molecule has 0 radical (unpaired) electrons. The minimum atomic E-state index is -1.21. The zero-order chi connectivity index (χ0) is 28.5. The van der Waals surface area contributed by atoms with Crippen LogP contribution in [0.15, 0.2) is 11.6 Å². The van der Waals surface area contributed by atoms with Crippen LogP contribution < -0.4 is 11.1 Å². The van der Waals surface area contributed by atoms with Crippen LogP contribution in [0.1, 0.15) is 60.3 Å². The smallest absolute Gasteiger partial charge is 0.344 e. The van der Waals surface area contributed by atoms with Gasteiger partial charge in [0, 0.05) is 30.2 Å². The Kier molecular flexibility index (Phi) is 7.65. The van der Waals surface area contributed by atoms with Gasteiger partial charge in [0.05, 0.1) is 11.5 Å². The van der Waals surface area contributed by atoms with Crippen LogP contribution >= 0.6 is 22.6 Å². The van der Waals surface area contributed by atoms with E-state index in [1.54, 1.807) is 6.92 Å². The van der Waals surface area contributed by atoms with Crippen molar-refractivity contribution >= 4 is 40.5 Å². The number of ether oxygens (including phenoxy) is 4. The van der Waals surface area contributed by atoms with Crippen molar-refractivity contribution in [1.29, 1.82) is 0 Å². The number of hydrogen-bond donors (Lipinski definition) is 3. The van der Waals surface area contributed by atoms with E-state index in [9.17, 15) is 19.5 Å². The highest BCUT2D eigenvalue weighted by molar-refractivity contribution is 14.1. The fourth-order valence-corrected chi connectivity index (χ4v) is 8.30. The number of nitrogens with two attached hydrogens (primary N) is 1. The molecular formula is C28H41IN2O8. The van der Waals surface area contributed by atoms with E-state index in [-0.39, 0.29) is 29.6 Å². The number of halogens is 1. The van der Waals surface area contributed by atoms with Crippen molar-refractivity contribution in [2.45, 2.75) is 93.5 Å². The second kappa shape index (κ2) is 10.2. The van der Waals surface area contributed by atoms with Crippen molar-refractivity contribution in [3.8, 4) is 0 Å². The van der Waals surface area contributed by atoms with Gasteiger partial charge < -0.3 is 29.8 Å². The Labute approximate surface area is 243 Å². The lowest BCUT2D eigenvalue weighted by molar-refractivity contribution is -0.255. The second-order valence-corrected chi connectivity index (χ2v) is 14.5. The van der Waals surface area contributed by atoms with E-state index >= 15 is 0 Å². The normalized spacial score (nSPS) is 44.3. The molecule has 218 valence electrons. The SMILES string of the molecule is CCC1=CC(C)[C@@](CC)(OC(O)C2C3C(=O)OC4C3CC2[C@H]4OC(=O)COC(=O)C(C)(I)C2(N)CN2)C(C)C1. The van der Waals surface area contributed by atoms with Gasteiger partial charge in [0.1, 0.15) is 21.3 Å². The van der Waals surface area contributed by atoms with Crippen molar-refractivity contribution in [2.75, 3.05) is 13.2 Å². The van der Waals surface area contributed by atoms with Gasteiger partial charge in [0.25, 0.3) is 0 Å². The van der Waals surface area contributed by atoms with Gasteiger partial charge in [0.2, 0.25) is 0 Å². The first-order chi connectivity index (χ1) is 18.3. The number of aliphatic hydroxyl groups excluding tert-OH is 1. The first-order valence-corrected chi connectivity index (χ1v) is 15.2. The third-order valence-corrected chi connectivity index (χ3v) is 11.7. The van der Waals surface area contributed by atoms with Crippen LogP contribution in [-0.2, 0) is 33.3 Å². The van der Waals surface area contributed by atoms with Crippen molar-refractivity contribution in [1.82, 2.24) is 5.32 Å². The number of nitrogens with one attached hydrogen (secondary N) is 1. The second-order valence-electron chi connectivity index (χ2n) is 12.3. The van der Waals surface area contributed by atoms with E-state index in [0.29, 0.717) is 13.0 Å². The number of hydrogen-bond acceptors (Lipinski definition) is 10. The van der Waals surface area contributed by atoms with E-state index in [2.05, 4.69) is 39.1 Å². The highest BCUT2D eigenvalue weighted by Gasteiger charge is 2.70. The molecule has 2 saturated heterocycles. The number of carbonyl (C=O) groups is 3. The molecule has 5 rings (SSSR count). The maximum Gasteiger partial charge on any atom is 0.344 e. The summed E-state index contributed by atoms with van der Waals surface area (Å²) in [6.45, 7) is 10.1. The summed E-state index contributed by atoms with van der Waals surface area (Å²) in [6, 6.07) is 0. The Morgan fingerprint density at radius 3 is 2.62 bits per heavy atom. The third kappa shape index (κ3) is 4.64. The van der Waals surface area contributed by atoms with Gasteiger partial charge in [-0.25, -0.2) is 4.79 Å². The lowest BCUT2D eigenvalue weighted by Crippen LogP contribution is -2.54. The standard InChI is InChI=1S/C28H41IN2O8/c1-6-15-8-13(3)27(7-2,14(4)9-15)39-24(34)20-17-10-16-19(20)23(33)38-22(16)21(17)37-18(32)11-36-25(35)26(5,29)28(30)12-31-28/h8,13-14,16-17,19-22,24,31,34H,6-7,9-12,30H2,1-5H3/t13?,14?,16?,17?,19?,20?,21-,22?,24?,26?,27-,28?/m1/s1. The van der Waals surface area contributed by atoms with Crippen LogP contribution in [0.5, 0.6) is 0 Å². The van der Waals surface area contributed by atoms with Gasteiger partial charge in [-0.3, -0.25) is 14.9 Å². The van der Waals surface area contributed by atoms with Crippen LogP contribution in [0.4, 0.5) is 0 Å². The molecule has 4 fully saturated rings. The maximum atomic E-state index is 12.9. The van der Waals surface area contributed by atoms with Gasteiger partial charge >= 0.3 is 17.9 Å². The summed E-state index contributed by atoms with van der Waals surface area (Å²) in [5, 5.41) is 14.5. The van der Waals surface area contributed by atoms with E-state index in [1.807, 2.05) is 22.6 Å². The van der Waals surface area contributed by atoms with Crippen LogP contribution in [0.25, 0.3) is 0 Å². The summed E-state index contributed by atoms with van der Waals surface area (Å²) in [7, 11) is 0. The van der Waals surface area contributed by atoms with Gasteiger partial charge in [-0.15, -0.1) is 0 Å². The monoisotopic (exact) mass is 660 g/mol. The third-order valence-electron chi connectivity index (χ3n) is 10.3. The minimum Gasteiger partial charge on any atom is -0.458 e. The molecule has 0 spiro atoms. The molecule has 10 unspecified atom stereocenters. The lowest BCUT2D eigenvalue weighted by atomic mass is 9.68. The van der Waals surface area contributed by atoms with Crippen molar-refractivity contribution in [3.63, 3.8) is 0 Å². The predicted octanol–water partition coefficient (Wildman–Crippen LogP) is 2.20. The molecule has 0 aromatic carbocycles. The molecule has 0 aromatic heterocycles. The predicted molar refractivity (Wildman–Crippen MR) is 148 cm³/mol. The first kappa shape index (κ1) is 29.2. The summed E-state index contributed by atoms with van der Waals surface area (Å²) in [6.07, 6.45) is 2.98. The maximum absolute atomic E-state index is 12.9. The average Bonchev–Trinajstić information content (AvgIpc) is 3.30. The molecule has 0 amide bonds. The summed E-state index contributed by atoms with van der Waals surface area (Å²) < 4.78 is 22.2. The Morgan fingerprint density at radius 2 is 2.03 bits per heavy atom. The molecule has 0 aromatic rings. The van der Waals surface area contributed by atoms with Crippen molar-refractivity contribution < 1.29 is 38.4 Å². The van der Waals surface area contributed by atoms with E-state index in [4.69, 9.17) is 24.7 Å². The summed E-state index contributed by atoms with van der Waals surface area (Å²) in [5.41, 5.74) is 6.06. The Morgan fingerprint density at radius 1 is 1.33 bits per heavy atom. The number of carbonyl (C=O) groups excluding carboxylic acids is 3. The topological polar surface area (TPSA) is 156 Å². The van der Waals surface area contributed by atoms with Gasteiger partial charge in [-0.1, -0.05) is 61.9 Å². The number of esters is 3. The molecule has 3 aliphatic carbocycles. The Balaban J connectivity index is 1.27. The minimum absolute atomic E-state index is 0.100. The molecule has 2 heterocycles. The van der Waals surface area contributed by atoms with Crippen molar-refractivity contribution in [3.05, 3.63) is 11.6 Å². The number of fused-ring (bicyclic) bond motifs is 1. The highest BCUT2D eigenvalue weighted by atomic mass is 127. The molecule has 10 nitrogen and oxygen atoms in total. The Bertz CT molecular complexity index is 1060. The van der Waals surface area contributed by atoms with Gasteiger partial charge in [-0.05, 0) is 38.5 Å². The molecular weight excluding hydrogens is 619 g/mol. The highest BCUT2D eigenvalue weighted by Crippen LogP contribution is 2.60. The molecule has 2 aliphatic heterocycles. The van der Waals surface area contributed by atoms with E-state index in [1.165, 1.54) is 5.57 Å². The molecule has 2 saturated carbocycles. The summed E-state index contributed by atoms with van der Waals surface area (Å²) in [5.74, 6) is -2.90. The Hall–Kier alpha value is -1.28. The zero-order valence-corrected chi connectivity index (χ0v) is 25.4. The van der Waals surface area contributed by atoms with E-state index in [0.717, 1.165) is 19.3 Å².